The lowest BCUT2D eigenvalue weighted by Gasteiger charge is -2.40. The molecular weight excluding hydrogens is 514 g/mol. The molecule has 1 atom stereocenters. The molecule has 0 spiro atoms. The van der Waals surface area contributed by atoms with E-state index in [-0.39, 0.29) is 11.8 Å². The second-order valence-corrected chi connectivity index (χ2v) is 11.7. The maximum atomic E-state index is 13.8. The van der Waals surface area contributed by atoms with Crippen molar-refractivity contribution in [2.75, 3.05) is 39.3 Å². The summed E-state index contributed by atoms with van der Waals surface area (Å²) >= 11 is 0. The lowest BCUT2D eigenvalue weighted by atomic mass is 9.91. The van der Waals surface area contributed by atoms with Gasteiger partial charge in [0, 0.05) is 67.8 Å². The molecule has 1 aliphatic heterocycles. The molecular formula is C33H45N5O3. The molecule has 2 fully saturated rings. The van der Waals surface area contributed by atoms with Crippen LogP contribution < -0.4 is 15.4 Å². The van der Waals surface area contributed by atoms with Crippen LogP contribution in [-0.4, -0.2) is 77.5 Å². The van der Waals surface area contributed by atoms with Crippen molar-refractivity contribution in [3.8, 4) is 5.75 Å². The Morgan fingerprint density at radius 1 is 0.976 bits per heavy atom. The van der Waals surface area contributed by atoms with Crippen molar-refractivity contribution in [2.45, 2.75) is 70.5 Å². The van der Waals surface area contributed by atoms with Gasteiger partial charge in [-0.05, 0) is 44.4 Å². The Labute approximate surface area is 243 Å². The summed E-state index contributed by atoms with van der Waals surface area (Å²) < 4.78 is 5.75. The van der Waals surface area contributed by atoms with Crippen LogP contribution in [-0.2, 0) is 22.6 Å². The minimum atomic E-state index is -1.13. The molecule has 2 aromatic carbocycles. The first-order valence-electron chi connectivity index (χ1n) is 15.3. The van der Waals surface area contributed by atoms with E-state index in [9.17, 15) is 9.59 Å². The number of amides is 2. The van der Waals surface area contributed by atoms with Crippen LogP contribution in [0.5, 0.6) is 5.75 Å². The van der Waals surface area contributed by atoms with Gasteiger partial charge in [-0.15, -0.1) is 0 Å². The Kier molecular flexibility index (Phi) is 9.62. The lowest BCUT2D eigenvalue weighted by Crippen LogP contribution is -2.60. The zero-order valence-electron chi connectivity index (χ0n) is 24.6. The first-order valence-corrected chi connectivity index (χ1v) is 15.3. The summed E-state index contributed by atoms with van der Waals surface area (Å²) in [6, 6.07) is 16.5. The molecule has 1 unspecified atom stereocenters. The van der Waals surface area contributed by atoms with E-state index in [0.29, 0.717) is 32.2 Å². The second kappa shape index (κ2) is 13.5. The summed E-state index contributed by atoms with van der Waals surface area (Å²) in [6.07, 6.45) is 8.95. The van der Waals surface area contributed by atoms with E-state index in [1.807, 2.05) is 68.6 Å². The van der Waals surface area contributed by atoms with Crippen LogP contribution >= 0.6 is 0 Å². The molecule has 8 heteroatoms. The molecule has 0 bridgehead atoms. The molecule has 1 saturated heterocycles. The predicted molar refractivity (Wildman–Crippen MR) is 163 cm³/mol. The molecule has 0 radical (unpaired) electrons. The molecule has 3 N–H and O–H groups in total. The third kappa shape index (κ3) is 7.29. The zero-order chi connectivity index (χ0) is 28.7. The SMILES string of the molecule is CCOc1ccccc1CNC(=O)C(C)(Cc1c[nH]c2ccccc12)NC(=O)CN1CCN(C2CCCCC2)CC1. The highest BCUT2D eigenvalue weighted by Gasteiger charge is 2.36. The topological polar surface area (TPSA) is 89.7 Å². The van der Waals surface area contributed by atoms with Crippen LogP contribution in [0.15, 0.2) is 54.7 Å². The number of para-hydroxylation sites is 2. The number of aromatic amines is 1. The molecule has 2 heterocycles. The van der Waals surface area contributed by atoms with Crippen molar-refractivity contribution in [1.29, 1.82) is 0 Å². The van der Waals surface area contributed by atoms with Crippen LogP contribution in [0.4, 0.5) is 0 Å². The number of H-pyrrole nitrogens is 1. The number of piperazine rings is 1. The number of hydrogen-bond donors (Lipinski definition) is 3. The first-order chi connectivity index (χ1) is 19.9. The van der Waals surface area contributed by atoms with E-state index in [2.05, 4.69) is 25.4 Å². The third-order valence-corrected chi connectivity index (χ3v) is 8.71. The van der Waals surface area contributed by atoms with Gasteiger partial charge in [0.25, 0.3) is 0 Å². The molecule has 8 nitrogen and oxygen atoms in total. The highest BCUT2D eigenvalue weighted by Crippen LogP contribution is 2.25. The normalized spacial score (nSPS) is 18.6. The second-order valence-electron chi connectivity index (χ2n) is 11.7. The number of ether oxygens (including phenoxy) is 1. The summed E-state index contributed by atoms with van der Waals surface area (Å²) in [4.78, 5) is 35.4. The minimum Gasteiger partial charge on any atom is -0.494 e. The van der Waals surface area contributed by atoms with E-state index in [4.69, 9.17) is 4.74 Å². The summed E-state index contributed by atoms with van der Waals surface area (Å²) in [5.74, 6) is 0.415. The van der Waals surface area contributed by atoms with Gasteiger partial charge in [-0.2, -0.15) is 0 Å². The smallest absolute Gasteiger partial charge is 0.246 e. The van der Waals surface area contributed by atoms with Gasteiger partial charge in [0.2, 0.25) is 11.8 Å². The van der Waals surface area contributed by atoms with Crippen molar-refractivity contribution in [3.05, 3.63) is 65.9 Å². The average Bonchev–Trinajstić information content (AvgIpc) is 3.39. The van der Waals surface area contributed by atoms with E-state index in [1.54, 1.807) is 0 Å². The first kappa shape index (κ1) is 29.1. The number of fused-ring (bicyclic) bond motifs is 1. The van der Waals surface area contributed by atoms with Gasteiger partial charge in [-0.25, -0.2) is 0 Å². The van der Waals surface area contributed by atoms with E-state index >= 15 is 0 Å². The van der Waals surface area contributed by atoms with E-state index < -0.39 is 5.54 Å². The molecule has 1 saturated carbocycles. The van der Waals surface area contributed by atoms with E-state index in [0.717, 1.165) is 54.0 Å². The van der Waals surface area contributed by atoms with Crippen molar-refractivity contribution < 1.29 is 14.3 Å². The quantitative estimate of drug-likeness (QED) is 0.327. The fourth-order valence-electron chi connectivity index (χ4n) is 6.44. The van der Waals surface area contributed by atoms with Crippen molar-refractivity contribution in [2.24, 2.45) is 0 Å². The molecule has 5 rings (SSSR count). The molecule has 1 aromatic heterocycles. The number of nitrogens with zero attached hydrogens (tertiary/aromatic N) is 2. The molecule has 220 valence electrons. The Bertz CT molecular complexity index is 1310. The Balaban J connectivity index is 1.26. The van der Waals surface area contributed by atoms with Gasteiger partial charge in [-0.3, -0.25) is 19.4 Å². The van der Waals surface area contributed by atoms with Crippen LogP contribution in [0, 0.1) is 0 Å². The van der Waals surface area contributed by atoms with Crippen LogP contribution in [0.3, 0.4) is 0 Å². The third-order valence-electron chi connectivity index (χ3n) is 8.71. The average molecular weight is 560 g/mol. The van der Waals surface area contributed by atoms with Gasteiger partial charge in [-0.1, -0.05) is 55.7 Å². The van der Waals surface area contributed by atoms with Crippen molar-refractivity contribution >= 4 is 22.7 Å². The summed E-state index contributed by atoms with van der Waals surface area (Å²) in [6.45, 7) is 8.70. The Hall–Kier alpha value is -3.36. The van der Waals surface area contributed by atoms with E-state index in [1.165, 1.54) is 32.1 Å². The minimum absolute atomic E-state index is 0.122. The van der Waals surface area contributed by atoms with Crippen LogP contribution in [0.25, 0.3) is 10.9 Å². The number of nitrogens with one attached hydrogen (secondary N) is 3. The maximum Gasteiger partial charge on any atom is 0.246 e. The molecule has 1 aliphatic carbocycles. The molecule has 41 heavy (non-hydrogen) atoms. The number of aromatic nitrogens is 1. The van der Waals surface area contributed by atoms with Gasteiger partial charge in [0.1, 0.15) is 11.3 Å². The Morgan fingerprint density at radius 3 is 2.49 bits per heavy atom. The van der Waals surface area contributed by atoms with Gasteiger partial charge in [0.05, 0.1) is 13.2 Å². The van der Waals surface area contributed by atoms with Crippen molar-refractivity contribution in [1.82, 2.24) is 25.4 Å². The maximum absolute atomic E-state index is 13.8. The highest BCUT2D eigenvalue weighted by atomic mass is 16.5. The van der Waals surface area contributed by atoms with Crippen molar-refractivity contribution in [3.63, 3.8) is 0 Å². The van der Waals surface area contributed by atoms with Crippen LogP contribution in [0.2, 0.25) is 0 Å². The summed E-state index contributed by atoms with van der Waals surface area (Å²) in [7, 11) is 0. The molecule has 2 amide bonds. The number of hydrogen-bond acceptors (Lipinski definition) is 5. The van der Waals surface area contributed by atoms with Crippen LogP contribution in [0.1, 0.15) is 57.1 Å². The number of carbonyl (C=O) groups excluding carboxylic acids is 2. The summed E-state index contributed by atoms with van der Waals surface area (Å²) in [5.41, 5.74) is 1.78. The molecule has 3 aromatic rings. The van der Waals surface area contributed by atoms with Gasteiger partial charge < -0.3 is 20.4 Å². The fourth-order valence-corrected chi connectivity index (χ4v) is 6.44. The fraction of sp³-hybridized carbons (Fsp3) is 0.515. The number of rotatable bonds is 11. The van der Waals surface area contributed by atoms with Gasteiger partial charge >= 0.3 is 0 Å². The number of carbonyl (C=O) groups is 2. The largest absolute Gasteiger partial charge is 0.494 e. The Morgan fingerprint density at radius 2 is 1.71 bits per heavy atom. The standard InChI is InChI=1S/C33H45N5O3/c1-3-41-30-16-10-7-11-25(30)22-35-32(40)33(2,21-26-23-34-29-15-9-8-14-28(26)29)36-31(39)24-37-17-19-38(20-18-37)27-12-5-4-6-13-27/h7-11,14-16,23,27,34H,3-6,12-13,17-22,24H2,1-2H3,(H,35,40)(H,36,39). The monoisotopic (exact) mass is 559 g/mol. The zero-order valence-corrected chi connectivity index (χ0v) is 24.6. The predicted octanol–water partition coefficient (Wildman–Crippen LogP) is 4.25. The highest BCUT2D eigenvalue weighted by molar-refractivity contribution is 5.93. The summed E-state index contributed by atoms with van der Waals surface area (Å²) in [5, 5.41) is 7.29. The lowest BCUT2D eigenvalue weighted by molar-refractivity contribution is -0.133. The molecule has 2 aliphatic rings. The number of benzene rings is 2. The van der Waals surface area contributed by atoms with Gasteiger partial charge in [0.15, 0.2) is 0 Å².